The van der Waals surface area contributed by atoms with E-state index in [-0.39, 0.29) is 33.3 Å². The summed E-state index contributed by atoms with van der Waals surface area (Å²) in [7, 11) is 0. The SMILES string of the molecule is O=C(CN1C(=O)c2cccc([N+](=O)[O-])c2C1=O)Nc1ccc(Cl)cc1NC(=O)c1ccco1. The highest BCUT2D eigenvalue weighted by atomic mass is 35.5. The first-order valence-electron chi connectivity index (χ1n) is 9.34. The first-order chi connectivity index (χ1) is 15.8. The summed E-state index contributed by atoms with van der Waals surface area (Å²) in [6.07, 6.45) is 1.32. The Morgan fingerprint density at radius 2 is 1.82 bits per heavy atom. The van der Waals surface area contributed by atoms with Crippen molar-refractivity contribution in [2.24, 2.45) is 0 Å². The Morgan fingerprint density at radius 3 is 2.52 bits per heavy atom. The fraction of sp³-hybridized carbons (Fsp3) is 0.0476. The van der Waals surface area contributed by atoms with Crippen molar-refractivity contribution >= 4 is 52.3 Å². The predicted octanol–water partition coefficient (Wildman–Crippen LogP) is 3.33. The number of rotatable bonds is 6. The summed E-state index contributed by atoms with van der Waals surface area (Å²) < 4.78 is 5.03. The summed E-state index contributed by atoms with van der Waals surface area (Å²) in [5.74, 6) is -3.11. The number of benzene rings is 2. The molecule has 2 heterocycles. The standard InChI is InChI=1S/C21H13ClN4O7/c22-11-6-7-13(14(9-11)24-19(28)16-5-2-8-33-16)23-17(27)10-25-20(29)12-3-1-4-15(26(31)32)18(12)21(25)30/h1-9H,10H2,(H,23,27)(H,24,28). The van der Waals surface area contributed by atoms with Crippen LogP contribution in [0.3, 0.4) is 0 Å². The Bertz CT molecular complexity index is 1320. The zero-order valence-corrected chi connectivity index (χ0v) is 17.3. The van der Waals surface area contributed by atoms with Gasteiger partial charge in [0.25, 0.3) is 23.4 Å². The third kappa shape index (κ3) is 4.16. The van der Waals surface area contributed by atoms with Gasteiger partial charge in [-0.25, -0.2) is 0 Å². The molecular weight excluding hydrogens is 456 g/mol. The number of anilines is 2. The molecule has 0 unspecified atom stereocenters. The molecule has 166 valence electrons. The Hall–Kier alpha value is -4.51. The smallest absolute Gasteiger partial charge is 0.291 e. The summed E-state index contributed by atoms with van der Waals surface area (Å²) in [5.41, 5.74) is -0.741. The van der Waals surface area contributed by atoms with Crippen LogP contribution in [0.4, 0.5) is 17.1 Å². The minimum Gasteiger partial charge on any atom is -0.459 e. The van der Waals surface area contributed by atoms with E-state index >= 15 is 0 Å². The molecule has 1 aromatic heterocycles. The summed E-state index contributed by atoms with van der Waals surface area (Å²) in [5, 5.41) is 16.5. The van der Waals surface area contributed by atoms with Crippen LogP contribution in [0.2, 0.25) is 5.02 Å². The van der Waals surface area contributed by atoms with Gasteiger partial charge in [-0.05, 0) is 36.4 Å². The number of nitro benzene ring substituents is 1. The molecule has 0 fully saturated rings. The molecule has 33 heavy (non-hydrogen) atoms. The van der Waals surface area contributed by atoms with E-state index in [1.54, 1.807) is 0 Å². The van der Waals surface area contributed by atoms with Crippen LogP contribution in [0, 0.1) is 10.1 Å². The third-order valence-corrected chi connectivity index (χ3v) is 4.96. The second kappa shape index (κ2) is 8.55. The first-order valence-corrected chi connectivity index (χ1v) is 9.72. The Labute approximate surface area is 190 Å². The molecule has 11 nitrogen and oxygen atoms in total. The lowest BCUT2D eigenvalue weighted by Gasteiger charge is -2.16. The number of hydrogen-bond acceptors (Lipinski definition) is 7. The molecule has 12 heteroatoms. The van der Waals surface area contributed by atoms with Gasteiger partial charge in [0.05, 0.1) is 28.1 Å². The van der Waals surface area contributed by atoms with Gasteiger partial charge in [-0.1, -0.05) is 17.7 Å². The van der Waals surface area contributed by atoms with E-state index in [9.17, 15) is 29.3 Å². The van der Waals surface area contributed by atoms with E-state index in [2.05, 4.69) is 10.6 Å². The third-order valence-electron chi connectivity index (χ3n) is 4.72. The van der Waals surface area contributed by atoms with Gasteiger partial charge in [-0.15, -0.1) is 0 Å². The molecule has 1 aliphatic heterocycles. The van der Waals surface area contributed by atoms with Gasteiger partial charge in [-0.2, -0.15) is 0 Å². The molecule has 0 aliphatic carbocycles. The molecule has 1 aliphatic rings. The summed E-state index contributed by atoms with van der Waals surface area (Å²) >= 11 is 5.99. The van der Waals surface area contributed by atoms with Gasteiger partial charge in [0.1, 0.15) is 12.1 Å². The Morgan fingerprint density at radius 1 is 1.03 bits per heavy atom. The van der Waals surface area contributed by atoms with Crippen LogP contribution >= 0.6 is 11.6 Å². The Balaban J connectivity index is 1.52. The van der Waals surface area contributed by atoms with Crippen molar-refractivity contribution in [3.63, 3.8) is 0 Å². The van der Waals surface area contributed by atoms with E-state index in [4.69, 9.17) is 16.0 Å². The van der Waals surface area contributed by atoms with Crippen molar-refractivity contribution in [1.29, 1.82) is 0 Å². The maximum atomic E-state index is 12.6. The van der Waals surface area contributed by atoms with Crippen molar-refractivity contribution in [3.05, 3.63) is 86.8 Å². The number of furan rings is 1. The van der Waals surface area contributed by atoms with Crippen molar-refractivity contribution < 1.29 is 28.5 Å². The number of hydrogen-bond donors (Lipinski definition) is 2. The molecule has 0 saturated carbocycles. The number of carbonyl (C=O) groups excluding carboxylic acids is 4. The van der Waals surface area contributed by atoms with E-state index in [0.29, 0.717) is 4.90 Å². The van der Waals surface area contributed by atoms with Crippen LogP contribution in [0.5, 0.6) is 0 Å². The molecular formula is C21H13ClN4O7. The van der Waals surface area contributed by atoms with E-state index < -0.39 is 40.8 Å². The molecule has 4 rings (SSSR count). The molecule has 0 spiro atoms. The van der Waals surface area contributed by atoms with Gasteiger partial charge in [0, 0.05) is 11.1 Å². The lowest BCUT2D eigenvalue weighted by Crippen LogP contribution is -2.37. The molecule has 4 amide bonds. The zero-order chi connectivity index (χ0) is 23.7. The maximum absolute atomic E-state index is 12.6. The van der Waals surface area contributed by atoms with Crippen molar-refractivity contribution in [1.82, 2.24) is 4.90 Å². The van der Waals surface area contributed by atoms with Crippen LogP contribution in [-0.4, -0.2) is 40.0 Å². The summed E-state index contributed by atoms with van der Waals surface area (Å²) in [6.45, 7) is -0.697. The number of fused-ring (bicyclic) bond motifs is 1. The number of nitrogens with zero attached hydrogens (tertiary/aromatic N) is 2. The number of halogens is 1. The van der Waals surface area contributed by atoms with E-state index in [0.717, 1.165) is 6.07 Å². The average Bonchev–Trinajstić information content (AvgIpc) is 3.40. The molecule has 2 N–H and O–H groups in total. The second-order valence-corrected chi connectivity index (χ2v) is 7.26. The van der Waals surface area contributed by atoms with Gasteiger partial charge in [-0.3, -0.25) is 34.2 Å². The minimum absolute atomic E-state index is 0.0277. The highest BCUT2D eigenvalue weighted by Gasteiger charge is 2.41. The predicted molar refractivity (Wildman–Crippen MR) is 115 cm³/mol. The quantitative estimate of drug-likeness (QED) is 0.319. The van der Waals surface area contributed by atoms with Gasteiger partial charge in [0.15, 0.2) is 5.76 Å². The van der Waals surface area contributed by atoms with Crippen LogP contribution in [-0.2, 0) is 4.79 Å². The van der Waals surface area contributed by atoms with Crippen LogP contribution < -0.4 is 10.6 Å². The van der Waals surface area contributed by atoms with E-state index in [1.165, 1.54) is 48.7 Å². The lowest BCUT2D eigenvalue weighted by molar-refractivity contribution is -0.385. The van der Waals surface area contributed by atoms with Crippen LogP contribution in [0.25, 0.3) is 0 Å². The molecule has 0 atom stereocenters. The molecule has 0 bridgehead atoms. The molecule has 3 aromatic rings. The van der Waals surface area contributed by atoms with Crippen molar-refractivity contribution in [2.45, 2.75) is 0 Å². The number of carbonyl (C=O) groups is 4. The second-order valence-electron chi connectivity index (χ2n) is 6.82. The van der Waals surface area contributed by atoms with Gasteiger partial charge < -0.3 is 15.1 Å². The highest BCUT2D eigenvalue weighted by molar-refractivity contribution is 6.31. The maximum Gasteiger partial charge on any atom is 0.291 e. The monoisotopic (exact) mass is 468 g/mol. The number of nitro groups is 1. The van der Waals surface area contributed by atoms with Gasteiger partial charge in [0.2, 0.25) is 5.91 Å². The van der Waals surface area contributed by atoms with Crippen molar-refractivity contribution in [3.8, 4) is 0 Å². The summed E-state index contributed by atoms with van der Waals surface area (Å²) in [6, 6.07) is 10.9. The average molecular weight is 469 g/mol. The molecule has 2 aromatic carbocycles. The molecule has 0 radical (unpaired) electrons. The van der Waals surface area contributed by atoms with Crippen LogP contribution in [0.1, 0.15) is 31.3 Å². The fourth-order valence-electron chi connectivity index (χ4n) is 3.27. The first kappa shape index (κ1) is 21.7. The zero-order valence-electron chi connectivity index (χ0n) is 16.5. The number of amides is 4. The largest absolute Gasteiger partial charge is 0.459 e. The minimum atomic E-state index is -0.945. The highest BCUT2D eigenvalue weighted by Crippen LogP contribution is 2.31. The van der Waals surface area contributed by atoms with Gasteiger partial charge >= 0.3 is 0 Å². The fourth-order valence-corrected chi connectivity index (χ4v) is 3.44. The topological polar surface area (TPSA) is 152 Å². The number of imide groups is 1. The normalized spacial score (nSPS) is 12.5. The van der Waals surface area contributed by atoms with Crippen LogP contribution in [0.15, 0.2) is 59.2 Å². The Kier molecular flexibility index (Phi) is 5.63. The molecule has 0 saturated heterocycles. The number of nitrogens with one attached hydrogen (secondary N) is 2. The summed E-state index contributed by atoms with van der Waals surface area (Å²) in [4.78, 5) is 61.2. The lowest BCUT2D eigenvalue weighted by atomic mass is 10.1. The van der Waals surface area contributed by atoms with E-state index in [1.807, 2.05) is 0 Å². The van der Waals surface area contributed by atoms with Crippen molar-refractivity contribution in [2.75, 3.05) is 17.2 Å².